The van der Waals surface area contributed by atoms with Crippen LogP contribution in [0.2, 0.25) is 0 Å². The third-order valence-corrected chi connectivity index (χ3v) is 2.65. The number of carboxylic acids is 1. The van der Waals surface area contributed by atoms with Crippen molar-refractivity contribution < 1.29 is 14.7 Å². The molecule has 0 radical (unpaired) electrons. The Kier molecular flexibility index (Phi) is 4.47. The molecule has 0 saturated carbocycles. The largest absolute Gasteiger partial charge is 0.480 e. The number of thiol groups is 1. The lowest BCUT2D eigenvalue weighted by Gasteiger charge is -2.26. The number of carboxylic acid groups (broad SMARTS) is 1. The lowest BCUT2D eigenvalue weighted by Crippen LogP contribution is -2.41. The van der Waals surface area contributed by atoms with E-state index in [-0.39, 0.29) is 17.5 Å². The van der Waals surface area contributed by atoms with Crippen LogP contribution in [0, 0.1) is 11.3 Å². The molecule has 3 nitrogen and oxygen atoms in total. The highest BCUT2D eigenvalue weighted by Gasteiger charge is 2.42. The molecule has 0 spiro atoms. The van der Waals surface area contributed by atoms with Crippen LogP contribution >= 0.6 is 12.6 Å². The first-order valence-corrected chi connectivity index (χ1v) is 4.85. The molecule has 0 unspecified atom stereocenters. The highest BCUT2D eigenvalue weighted by Crippen LogP contribution is 2.29. The molecule has 0 aliphatic rings. The van der Waals surface area contributed by atoms with E-state index in [2.05, 4.69) is 12.6 Å². The molecule has 0 saturated heterocycles. The standard InChI is InChI=1S/C9H16O3S/c1-6(2)4-9(5-13,7(3)10)8(11)12/h6,13H,4-5H2,1-3H3,(H,11,12)/t9-/m0/s1. The summed E-state index contributed by atoms with van der Waals surface area (Å²) in [5.74, 6) is -1.14. The van der Waals surface area contributed by atoms with Crippen LogP contribution in [0.3, 0.4) is 0 Å². The fourth-order valence-electron chi connectivity index (χ4n) is 1.32. The summed E-state index contributed by atoms with van der Waals surface area (Å²) in [7, 11) is 0. The van der Waals surface area contributed by atoms with Gasteiger partial charge in [-0.25, -0.2) is 0 Å². The van der Waals surface area contributed by atoms with Crippen molar-refractivity contribution in [3.8, 4) is 0 Å². The number of Topliss-reactive ketones (excluding diaryl/α,β-unsaturated/α-hetero) is 1. The lowest BCUT2D eigenvalue weighted by atomic mass is 9.78. The Morgan fingerprint density at radius 1 is 1.46 bits per heavy atom. The Morgan fingerprint density at radius 3 is 2.00 bits per heavy atom. The molecule has 0 aromatic heterocycles. The summed E-state index contributed by atoms with van der Waals surface area (Å²) in [5, 5.41) is 8.97. The number of hydrogen-bond acceptors (Lipinski definition) is 3. The smallest absolute Gasteiger partial charge is 0.318 e. The minimum atomic E-state index is -1.29. The molecular formula is C9H16O3S. The highest BCUT2D eigenvalue weighted by molar-refractivity contribution is 7.80. The Hall–Kier alpha value is -0.510. The topological polar surface area (TPSA) is 54.4 Å². The van der Waals surface area contributed by atoms with Crippen LogP contribution in [0.1, 0.15) is 27.2 Å². The number of rotatable bonds is 5. The molecule has 1 atom stereocenters. The van der Waals surface area contributed by atoms with Crippen LogP contribution in [-0.4, -0.2) is 22.6 Å². The van der Waals surface area contributed by atoms with E-state index in [0.29, 0.717) is 6.42 Å². The minimum absolute atomic E-state index is 0.0653. The molecule has 0 heterocycles. The highest BCUT2D eigenvalue weighted by atomic mass is 32.1. The first-order valence-electron chi connectivity index (χ1n) is 4.22. The number of ketones is 1. The predicted octanol–water partition coefficient (Wildman–Crippen LogP) is 1.62. The number of carbonyl (C=O) groups excluding carboxylic acids is 1. The zero-order valence-electron chi connectivity index (χ0n) is 8.20. The van der Waals surface area contributed by atoms with E-state index in [9.17, 15) is 9.59 Å². The molecule has 13 heavy (non-hydrogen) atoms. The summed E-state index contributed by atoms with van der Waals surface area (Å²) >= 11 is 3.95. The number of aliphatic carboxylic acids is 1. The Morgan fingerprint density at radius 2 is 1.92 bits per heavy atom. The van der Waals surface area contributed by atoms with E-state index in [4.69, 9.17) is 5.11 Å². The molecule has 0 bridgehead atoms. The van der Waals surface area contributed by atoms with Gasteiger partial charge in [0.25, 0.3) is 0 Å². The maximum absolute atomic E-state index is 11.2. The second-order valence-corrected chi connectivity index (χ2v) is 4.02. The molecule has 0 amide bonds. The fraction of sp³-hybridized carbons (Fsp3) is 0.778. The molecule has 0 aliphatic heterocycles. The van der Waals surface area contributed by atoms with Crippen LogP contribution < -0.4 is 0 Å². The second kappa shape index (κ2) is 4.65. The lowest BCUT2D eigenvalue weighted by molar-refractivity contribution is -0.153. The van der Waals surface area contributed by atoms with Crippen molar-refractivity contribution in [2.75, 3.05) is 5.75 Å². The molecule has 4 heteroatoms. The van der Waals surface area contributed by atoms with Gasteiger partial charge in [-0.15, -0.1) is 0 Å². The predicted molar refractivity (Wildman–Crippen MR) is 54.1 cm³/mol. The normalized spacial score (nSPS) is 15.5. The van der Waals surface area contributed by atoms with Gasteiger partial charge in [-0.3, -0.25) is 9.59 Å². The molecule has 0 aromatic rings. The van der Waals surface area contributed by atoms with Crippen molar-refractivity contribution in [3.63, 3.8) is 0 Å². The van der Waals surface area contributed by atoms with Gasteiger partial charge in [0, 0.05) is 5.75 Å². The Bertz CT molecular complexity index is 197. The van der Waals surface area contributed by atoms with Crippen LogP contribution in [0.15, 0.2) is 0 Å². The molecule has 0 fully saturated rings. The van der Waals surface area contributed by atoms with Crippen molar-refractivity contribution in [2.24, 2.45) is 11.3 Å². The van der Waals surface area contributed by atoms with Gasteiger partial charge >= 0.3 is 5.97 Å². The number of carbonyl (C=O) groups is 2. The van der Waals surface area contributed by atoms with Crippen LogP contribution in [-0.2, 0) is 9.59 Å². The summed E-state index contributed by atoms with van der Waals surface area (Å²) < 4.78 is 0. The van der Waals surface area contributed by atoms with Crippen molar-refractivity contribution in [1.82, 2.24) is 0 Å². The monoisotopic (exact) mass is 204 g/mol. The van der Waals surface area contributed by atoms with Gasteiger partial charge in [0.2, 0.25) is 0 Å². The molecule has 0 aliphatic carbocycles. The van der Waals surface area contributed by atoms with Crippen molar-refractivity contribution in [1.29, 1.82) is 0 Å². The second-order valence-electron chi connectivity index (χ2n) is 3.70. The maximum atomic E-state index is 11.2. The number of hydrogen-bond donors (Lipinski definition) is 2. The van der Waals surface area contributed by atoms with Crippen LogP contribution in [0.4, 0.5) is 0 Å². The zero-order chi connectivity index (χ0) is 10.6. The van der Waals surface area contributed by atoms with E-state index in [1.54, 1.807) is 0 Å². The Balaban J connectivity index is 4.87. The van der Waals surface area contributed by atoms with E-state index in [1.807, 2.05) is 13.8 Å². The van der Waals surface area contributed by atoms with Crippen LogP contribution in [0.25, 0.3) is 0 Å². The van der Waals surface area contributed by atoms with Gasteiger partial charge in [-0.2, -0.15) is 12.6 Å². The van der Waals surface area contributed by atoms with Gasteiger partial charge in [0.15, 0.2) is 0 Å². The minimum Gasteiger partial charge on any atom is -0.480 e. The third kappa shape index (κ3) is 2.72. The average molecular weight is 204 g/mol. The van der Waals surface area contributed by atoms with E-state index in [1.165, 1.54) is 6.92 Å². The van der Waals surface area contributed by atoms with Crippen molar-refractivity contribution in [2.45, 2.75) is 27.2 Å². The first-order chi connectivity index (χ1) is 5.86. The summed E-state index contributed by atoms with van der Waals surface area (Å²) in [6, 6.07) is 0. The fourth-order valence-corrected chi connectivity index (χ4v) is 1.81. The van der Waals surface area contributed by atoms with Gasteiger partial charge in [0.1, 0.15) is 11.2 Å². The van der Waals surface area contributed by atoms with Gasteiger partial charge < -0.3 is 5.11 Å². The van der Waals surface area contributed by atoms with E-state index < -0.39 is 11.4 Å². The summed E-state index contributed by atoms with van der Waals surface area (Å²) in [6.45, 7) is 5.10. The van der Waals surface area contributed by atoms with E-state index in [0.717, 1.165) is 0 Å². The molecule has 0 rings (SSSR count). The van der Waals surface area contributed by atoms with Gasteiger partial charge in [0.05, 0.1) is 0 Å². The zero-order valence-corrected chi connectivity index (χ0v) is 9.10. The van der Waals surface area contributed by atoms with Crippen molar-refractivity contribution in [3.05, 3.63) is 0 Å². The molecular weight excluding hydrogens is 188 g/mol. The molecule has 76 valence electrons. The van der Waals surface area contributed by atoms with Gasteiger partial charge in [-0.1, -0.05) is 13.8 Å². The van der Waals surface area contributed by atoms with Gasteiger partial charge in [-0.05, 0) is 19.3 Å². The SMILES string of the molecule is CC(=O)[C@@](CS)(CC(C)C)C(=O)O. The quantitative estimate of drug-likeness (QED) is 0.528. The third-order valence-electron chi connectivity index (χ3n) is 2.11. The maximum Gasteiger partial charge on any atom is 0.318 e. The average Bonchev–Trinajstić information content (AvgIpc) is 1.98. The Labute approximate surface area is 83.9 Å². The summed E-state index contributed by atoms with van der Waals surface area (Å²) in [5.41, 5.74) is -1.29. The van der Waals surface area contributed by atoms with Crippen molar-refractivity contribution >= 4 is 24.4 Å². The van der Waals surface area contributed by atoms with E-state index >= 15 is 0 Å². The summed E-state index contributed by atoms with van der Waals surface area (Å²) in [6.07, 6.45) is 0.348. The molecule has 0 aromatic carbocycles. The molecule has 1 N–H and O–H groups in total. The first kappa shape index (κ1) is 12.5. The van der Waals surface area contributed by atoms with Crippen LogP contribution in [0.5, 0.6) is 0 Å². The summed E-state index contributed by atoms with van der Waals surface area (Å²) in [4.78, 5) is 22.2.